The second kappa shape index (κ2) is 9.64. The van der Waals surface area contributed by atoms with Crippen LogP contribution in [0.25, 0.3) is 10.2 Å². The van der Waals surface area contributed by atoms with E-state index in [0.29, 0.717) is 30.2 Å². The number of piperazine rings is 1. The lowest BCUT2D eigenvalue weighted by molar-refractivity contribution is 0.0746. The fourth-order valence-electron chi connectivity index (χ4n) is 5.06. The van der Waals surface area contributed by atoms with Crippen LogP contribution in [0, 0.1) is 5.92 Å². The third kappa shape index (κ3) is 4.56. The van der Waals surface area contributed by atoms with Crippen molar-refractivity contribution in [1.29, 1.82) is 0 Å². The number of aromatic nitrogens is 2. The van der Waals surface area contributed by atoms with Crippen LogP contribution in [0.2, 0.25) is 0 Å². The van der Waals surface area contributed by atoms with Gasteiger partial charge < -0.3 is 19.3 Å². The number of hydrogen-bond acceptors (Lipinski definition) is 7. The number of nitrogens with zero attached hydrogens (tertiary/aromatic N) is 4. The van der Waals surface area contributed by atoms with Crippen molar-refractivity contribution < 1.29 is 14.3 Å². The highest BCUT2D eigenvalue weighted by Gasteiger charge is 2.29. The summed E-state index contributed by atoms with van der Waals surface area (Å²) in [5.74, 6) is 4.19. The maximum Gasteiger partial charge on any atom is 0.254 e. The van der Waals surface area contributed by atoms with E-state index in [1.807, 2.05) is 16.2 Å². The number of fused-ring (bicyclic) bond motifs is 3. The molecule has 3 aromatic rings. The first kappa shape index (κ1) is 23.9. The largest absolute Gasteiger partial charge is 0.497 e. The second-order valence-corrected chi connectivity index (χ2v) is 11.1. The Hall–Kier alpha value is -2.87. The standard InChI is InChI=1S/C27H34N4O3S/c1-16(2)24-28-25(23-21-7-6-17(3)12-22(21)35-26(23)29-24)30-8-10-31(11-9-30)27(32)18-13-19(33-4)15-20(14-18)34-5/h13-17H,6-12H2,1-5H3/t17-/m0/s1. The molecule has 1 aliphatic carbocycles. The lowest BCUT2D eigenvalue weighted by Crippen LogP contribution is -2.49. The molecule has 3 heterocycles. The first-order chi connectivity index (χ1) is 16.9. The molecule has 1 aliphatic heterocycles. The molecule has 7 nitrogen and oxygen atoms in total. The van der Waals surface area contributed by atoms with Crippen LogP contribution in [0.5, 0.6) is 11.5 Å². The van der Waals surface area contributed by atoms with Gasteiger partial charge in [0.25, 0.3) is 5.91 Å². The molecule has 2 aliphatic rings. The molecule has 0 bridgehead atoms. The highest BCUT2D eigenvalue weighted by molar-refractivity contribution is 7.19. The van der Waals surface area contributed by atoms with E-state index in [0.717, 1.165) is 48.3 Å². The predicted molar refractivity (Wildman–Crippen MR) is 140 cm³/mol. The van der Waals surface area contributed by atoms with Gasteiger partial charge in [0.05, 0.1) is 19.6 Å². The lowest BCUT2D eigenvalue weighted by atomic mass is 9.89. The molecule has 5 rings (SSSR count). The van der Waals surface area contributed by atoms with Gasteiger partial charge >= 0.3 is 0 Å². The number of anilines is 1. The number of methoxy groups -OCH3 is 2. The number of benzene rings is 1. The summed E-state index contributed by atoms with van der Waals surface area (Å²) in [5, 5.41) is 1.25. The van der Waals surface area contributed by atoms with E-state index < -0.39 is 0 Å². The maximum atomic E-state index is 13.3. The van der Waals surface area contributed by atoms with Crippen LogP contribution in [0.1, 0.15) is 59.7 Å². The summed E-state index contributed by atoms with van der Waals surface area (Å²) in [5.41, 5.74) is 2.04. The minimum atomic E-state index is -0.000505. The van der Waals surface area contributed by atoms with Gasteiger partial charge in [-0.1, -0.05) is 20.8 Å². The van der Waals surface area contributed by atoms with Gasteiger partial charge in [0.15, 0.2) is 0 Å². The number of carbonyl (C=O) groups is 1. The normalized spacial score (nSPS) is 18.2. The van der Waals surface area contributed by atoms with E-state index >= 15 is 0 Å². The van der Waals surface area contributed by atoms with Crippen LogP contribution in [-0.2, 0) is 12.8 Å². The minimum Gasteiger partial charge on any atom is -0.497 e. The number of thiophene rings is 1. The van der Waals surface area contributed by atoms with E-state index in [4.69, 9.17) is 19.4 Å². The molecular weight excluding hydrogens is 460 g/mol. The smallest absolute Gasteiger partial charge is 0.254 e. The fourth-order valence-corrected chi connectivity index (χ4v) is 6.45. The zero-order valence-electron chi connectivity index (χ0n) is 21.3. The Morgan fingerprint density at radius 2 is 1.74 bits per heavy atom. The van der Waals surface area contributed by atoms with Crippen molar-refractivity contribution in [3.05, 3.63) is 40.0 Å². The minimum absolute atomic E-state index is 0.000505. The summed E-state index contributed by atoms with van der Waals surface area (Å²) < 4.78 is 10.7. The van der Waals surface area contributed by atoms with E-state index in [9.17, 15) is 4.79 Å². The Labute approximate surface area is 211 Å². The Bertz CT molecular complexity index is 1220. The Balaban J connectivity index is 1.41. The number of aryl methyl sites for hydroxylation is 1. The molecular formula is C27H34N4O3S. The molecule has 0 spiro atoms. The Morgan fingerprint density at radius 3 is 2.37 bits per heavy atom. The molecule has 1 atom stereocenters. The number of ether oxygens (including phenoxy) is 2. The van der Waals surface area contributed by atoms with Crippen molar-refractivity contribution in [2.24, 2.45) is 5.92 Å². The summed E-state index contributed by atoms with van der Waals surface area (Å²) >= 11 is 1.86. The van der Waals surface area contributed by atoms with Crippen molar-refractivity contribution in [3.8, 4) is 11.5 Å². The molecule has 8 heteroatoms. The molecule has 1 amide bonds. The van der Waals surface area contributed by atoms with Crippen LogP contribution >= 0.6 is 11.3 Å². The van der Waals surface area contributed by atoms with Gasteiger partial charge in [-0.3, -0.25) is 4.79 Å². The third-order valence-electron chi connectivity index (χ3n) is 7.13. The summed E-state index contributed by atoms with van der Waals surface area (Å²) in [6.07, 6.45) is 3.46. The van der Waals surface area contributed by atoms with E-state index in [2.05, 4.69) is 25.7 Å². The lowest BCUT2D eigenvalue weighted by Gasteiger charge is -2.36. The zero-order valence-corrected chi connectivity index (χ0v) is 22.1. The molecule has 186 valence electrons. The molecule has 1 aromatic carbocycles. The van der Waals surface area contributed by atoms with Gasteiger partial charge in [0.2, 0.25) is 0 Å². The molecule has 0 radical (unpaired) electrons. The van der Waals surface area contributed by atoms with Crippen molar-refractivity contribution >= 4 is 33.3 Å². The maximum absolute atomic E-state index is 13.3. The van der Waals surface area contributed by atoms with Crippen LogP contribution in [0.15, 0.2) is 18.2 Å². The average Bonchev–Trinajstić information content (AvgIpc) is 3.24. The van der Waals surface area contributed by atoms with Crippen molar-refractivity contribution in [2.75, 3.05) is 45.3 Å². The summed E-state index contributed by atoms with van der Waals surface area (Å²) in [7, 11) is 3.19. The Morgan fingerprint density at radius 1 is 1.06 bits per heavy atom. The second-order valence-electron chi connectivity index (χ2n) is 9.97. The molecule has 2 aromatic heterocycles. The molecule has 1 saturated heterocycles. The van der Waals surface area contributed by atoms with Gasteiger partial charge in [0.1, 0.15) is 28.0 Å². The van der Waals surface area contributed by atoms with Gasteiger partial charge in [-0.25, -0.2) is 9.97 Å². The van der Waals surface area contributed by atoms with Gasteiger partial charge in [-0.05, 0) is 42.9 Å². The van der Waals surface area contributed by atoms with Crippen LogP contribution in [0.3, 0.4) is 0 Å². The first-order valence-corrected chi connectivity index (χ1v) is 13.3. The zero-order chi connectivity index (χ0) is 24.7. The topological polar surface area (TPSA) is 67.8 Å². The van der Waals surface area contributed by atoms with Gasteiger partial charge in [0, 0.05) is 48.6 Å². The number of rotatable bonds is 5. The molecule has 0 unspecified atom stereocenters. The van der Waals surface area contributed by atoms with Crippen molar-refractivity contribution in [2.45, 2.75) is 46.0 Å². The quantitative estimate of drug-likeness (QED) is 0.502. The number of carbonyl (C=O) groups excluding carboxylic acids is 1. The average molecular weight is 495 g/mol. The van der Waals surface area contributed by atoms with Crippen LogP contribution < -0.4 is 14.4 Å². The highest BCUT2D eigenvalue weighted by Crippen LogP contribution is 2.41. The number of amides is 1. The molecule has 0 N–H and O–H groups in total. The monoisotopic (exact) mass is 494 g/mol. The van der Waals surface area contributed by atoms with E-state index in [-0.39, 0.29) is 11.8 Å². The molecule has 1 fully saturated rings. The summed E-state index contributed by atoms with van der Waals surface area (Å²) in [6, 6.07) is 5.33. The van der Waals surface area contributed by atoms with Crippen molar-refractivity contribution in [3.63, 3.8) is 0 Å². The first-order valence-electron chi connectivity index (χ1n) is 12.5. The molecule has 0 saturated carbocycles. The van der Waals surface area contributed by atoms with Crippen LogP contribution in [-0.4, -0.2) is 61.2 Å². The molecule has 35 heavy (non-hydrogen) atoms. The Kier molecular flexibility index (Phi) is 6.57. The highest BCUT2D eigenvalue weighted by atomic mass is 32.1. The van der Waals surface area contributed by atoms with E-state index in [1.54, 1.807) is 32.4 Å². The van der Waals surface area contributed by atoms with Gasteiger partial charge in [-0.15, -0.1) is 11.3 Å². The van der Waals surface area contributed by atoms with Gasteiger partial charge in [-0.2, -0.15) is 0 Å². The predicted octanol–water partition coefficient (Wildman–Crippen LogP) is 4.92. The van der Waals surface area contributed by atoms with E-state index in [1.165, 1.54) is 22.2 Å². The number of hydrogen-bond donors (Lipinski definition) is 0. The summed E-state index contributed by atoms with van der Waals surface area (Å²) in [6.45, 7) is 9.43. The third-order valence-corrected chi connectivity index (χ3v) is 8.28. The SMILES string of the molecule is COc1cc(OC)cc(C(=O)N2CCN(c3nc(C(C)C)nc4sc5c(c34)CC[C@H](C)C5)CC2)c1. The van der Waals surface area contributed by atoms with Crippen LogP contribution in [0.4, 0.5) is 5.82 Å². The summed E-state index contributed by atoms with van der Waals surface area (Å²) in [4.78, 5) is 30.2. The fraction of sp³-hybridized carbons (Fsp3) is 0.519. The van der Waals surface area contributed by atoms with Crippen molar-refractivity contribution in [1.82, 2.24) is 14.9 Å².